The molecule has 0 unspecified atom stereocenters. The highest BCUT2D eigenvalue weighted by molar-refractivity contribution is 7.13. The number of carbonyl (C=O) groups is 1. The summed E-state index contributed by atoms with van der Waals surface area (Å²) in [5.74, 6) is 0.284. The number of likely N-dealkylation sites (tertiary alicyclic amines) is 1. The highest BCUT2D eigenvalue weighted by Gasteiger charge is 2.27. The van der Waals surface area contributed by atoms with Crippen LogP contribution in [0, 0.1) is 0 Å². The number of aromatic nitrogens is 2. The van der Waals surface area contributed by atoms with Crippen LogP contribution in [0.15, 0.2) is 64.3 Å². The number of pyridine rings is 1. The van der Waals surface area contributed by atoms with E-state index in [1.54, 1.807) is 41.8 Å². The van der Waals surface area contributed by atoms with Crippen molar-refractivity contribution >= 4 is 34.9 Å². The number of hydrogen-bond donors (Lipinski definition) is 0. The van der Waals surface area contributed by atoms with Gasteiger partial charge in [-0.05, 0) is 70.4 Å². The monoisotopic (exact) mass is 623 g/mol. The maximum Gasteiger partial charge on any atom is 0.266 e. The van der Waals surface area contributed by atoms with Gasteiger partial charge in [0.1, 0.15) is 10.8 Å². The van der Waals surface area contributed by atoms with Crippen LogP contribution in [0.1, 0.15) is 68.1 Å². The molecule has 0 radical (unpaired) electrons. The first kappa shape index (κ1) is 30.6. The zero-order chi connectivity index (χ0) is 30.7. The molecule has 5 rings (SSSR count). The molecule has 10 heteroatoms. The van der Waals surface area contributed by atoms with Crippen LogP contribution in [0.2, 0.25) is 5.02 Å². The number of allylic oxidation sites excluding steroid dienone is 1. The second-order valence-electron chi connectivity index (χ2n) is 10.6. The van der Waals surface area contributed by atoms with Crippen molar-refractivity contribution in [3.8, 4) is 33.3 Å². The molecule has 0 bridgehead atoms. The van der Waals surface area contributed by atoms with Crippen molar-refractivity contribution in [2.24, 2.45) is 0 Å². The van der Waals surface area contributed by atoms with Gasteiger partial charge in [0, 0.05) is 34.6 Å². The SMILES string of the molecule is CCOc1ccc(Cl)cc1-n1c(C=C(C)C)c(C(=O)N2CCCCC2)cc(-c2nc(-c3ccc(C(F)F)cc3)cs2)c1=O. The topological polar surface area (TPSA) is 64.4 Å². The van der Waals surface area contributed by atoms with Crippen LogP contribution < -0.4 is 10.3 Å². The largest absolute Gasteiger partial charge is 0.492 e. The molecule has 2 aromatic carbocycles. The van der Waals surface area contributed by atoms with Gasteiger partial charge in [0.15, 0.2) is 0 Å². The predicted octanol–water partition coefficient (Wildman–Crippen LogP) is 8.67. The Morgan fingerprint density at radius 1 is 1.09 bits per heavy atom. The van der Waals surface area contributed by atoms with E-state index in [1.165, 1.54) is 28.0 Å². The molecule has 224 valence electrons. The lowest BCUT2D eigenvalue weighted by Gasteiger charge is -2.28. The second-order valence-corrected chi connectivity index (χ2v) is 11.9. The molecule has 6 nitrogen and oxygen atoms in total. The lowest BCUT2D eigenvalue weighted by Crippen LogP contribution is -2.37. The van der Waals surface area contributed by atoms with E-state index in [2.05, 4.69) is 0 Å². The highest BCUT2D eigenvalue weighted by Crippen LogP contribution is 2.34. The highest BCUT2D eigenvalue weighted by atomic mass is 35.5. The van der Waals surface area contributed by atoms with Crippen molar-refractivity contribution in [3.63, 3.8) is 0 Å². The maximum absolute atomic E-state index is 14.4. The summed E-state index contributed by atoms with van der Waals surface area (Å²) >= 11 is 7.69. The van der Waals surface area contributed by atoms with Crippen molar-refractivity contribution in [2.75, 3.05) is 19.7 Å². The van der Waals surface area contributed by atoms with Crippen LogP contribution in [-0.4, -0.2) is 40.1 Å². The number of halogens is 3. The van der Waals surface area contributed by atoms with E-state index < -0.39 is 6.43 Å². The molecule has 0 aliphatic carbocycles. The van der Waals surface area contributed by atoms with Crippen LogP contribution in [0.3, 0.4) is 0 Å². The number of alkyl halides is 2. The van der Waals surface area contributed by atoms with E-state index in [-0.39, 0.29) is 22.6 Å². The van der Waals surface area contributed by atoms with Crippen LogP contribution in [0.25, 0.3) is 33.6 Å². The summed E-state index contributed by atoms with van der Waals surface area (Å²) < 4.78 is 33.6. The molecule has 1 saturated heterocycles. The fraction of sp³-hybridized carbons (Fsp3) is 0.303. The average Bonchev–Trinajstić information content (AvgIpc) is 3.48. The Kier molecular flexibility index (Phi) is 9.42. The van der Waals surface area contributed by atoms with Gasteiger partial charge in [0.2, 0.25) is 0 Å². The van der Waals surface area contributed by atoms with Crippen LogP contribution >= 0.6 is 22.9 Å². The van der Waals surface area contributed by atoms with E-state index in [0.717, 1.165) is 24.8 Å². The quantitative estimate of drug-likeness (QED) is 0.197. The summed E-state index contributed by atoms with van der Waals surface area (Å²) in [5, 5.41) is 2.59. The fourth-order valence-corrected chi connectivity index (χ4v) is 6.15. The zero-order valence-electron chi connectivity index (χ0n) is 24.2. The normalized spacial score (nSPS) is 13.3. The third kappa shape index (κ3) is 6.58. The summed E-state index contributed by atoms with van der Waals surface area (Å²) in [4.78, 5) is 35.1. The molecule has 0 saturated carbocycles. The Morgan fingerprint density at radius 3 is 2.47 bits per heavy atom. The van der Waals surface area contributed by atoms with Crippen molar-refractivity contribution in [2.45, 2.75) is 46.5 Å². The minimum atomic E-state index is -2.57. The summed E-state index contributed by atoms with van der Waals surface area (Å²) in [6.45, 7) is 7.31. The molecule has 0 atom stereocenters. The third-order valence-electron chi connectivity index (χ3n) is 7.19. The Bertz CT molecular complexity index is 1720. The summed E-state index contributed by atoms with van der Waals surface area (Å²) in [7, 11) is 0. The predicted molar refractivity (Wildman–Crippen MR) is 169 cm³/mol. The van der Waals surface area contributed by atoms with Crippen LogP contribution in [-0.2, 0) is 0 Å². The fourth-order valence-electron chi connectivity index (χ4n) is 5.15. The Morgan fingerprint density at radius 2 is 1.81 bits per heavy atom. The van der Waals surface area contributed by atoms with Gasteiger partial charge in [-0.2, -0.15) is 0 Å². The van der Waals surface area contributed by atoms with Crippen LogP contribution in [0.5, 0.6) is 5.75 Å². The average molecular weight is 624 g/mol. The van der Waals surface area contributed by atoms with Crippen molar-refractivity contribution in [3.05, 3.63) is 91.7 Å². The molecule has 1 fully saturated rings. The van der Waals surface area contributed by atoms with Gasteiger partial charge in [-0.1, -0.05) is 41.4 Å². The zero-order valence-corrected chi connectivity index (χ0v) is 25.8. The molecular formula is C33H32ClF2N3O3S. The minimum absolute atomic E-state index is 0.0792. The number of hydrogen-bond acceptors (Lipinski definition) is 5. The molecule has 3 heterocycles. The van der Waals surface area contributed by atoms with Gasteiger partial charge in [-0.25, -0.2) is 13.8 Å². The van der Waals surface area contributed by atoms with E-state index >= 15 is 0 Å². The van der Waals surface area contributed by atoms with Gasteiger partial charge in [-0.15, -0.1) is 11.3 Å². The number of piperidine rings is 1. The lowest BCUT2D eigenvalue weighted by molar-refractivity contribution is 0.0723. The number of nitrogens with zero attached hydrogens (tertiary/aromatic N) is 3. The van der Waals surface area contributed by atoms with Gasteiger partial charge in [0.25, 0.3) is 17.9 Å². The van der Waals surface area contributed by atoms with Gasteiger partial charge in [-0.3, -0.25) is 14.2 Å². The number of ether oxygens (including phenoxy) is 1. The molecule has 1 aliphatic heterocycles. The van der Waals surface area contributed by atoms with Gasteiger partial charge in [0.05, 0.1) is 34.8 Å². The van der Waals surface area contributed by atoms with E-state index in [4.69, 9.17) is 21.3 Å². The van der Waals surface area contributed by atoms with E-state index in [0.29, 0.717) is 63.7 Å². The number of thiazole rings is 1. The molecule has 4 aromatic rings. The van der Waals surface area contributed by atoms with Gasteiger partial charge >= 0.3 is 0 Å². The first-order valence-corrected chi connectivity index (χ1v) is 15.4. The van der Waals surface area contributed by atoms with Crippen molar-refractivity contribution in [1.29, 1.82) is 0 Å². The third-order valence-corrected chi connectivity index (χ3v) is 8.30. The van der Waals surface area contributed by atoms with E-state index in [1.807, 2.05) is 31.7 Å². The standard InChI is InChI=1S/C33H32ClF2N3O3S/c1-4-42-29-13-12-23(34)17-28(29)39-27(16-20(2)3)24(32(40)38-14-6-5-7-15-38)18-25(33(39)41)31-37-26(19-43-31)21-8-10-22(11-9-21)30(35)36/h8-13,16-19,30H,4-7,14-15H2,1-3H3. The summed E-state index contributed by atoms with van der Waals surface area (Å²) in [6, 6.07) is 12.6. The van der Waals surface area contributed by atoms with Crippen LogP contribution in [0.4, 0.5) is 8.78 Å². The smallest absolute Gasteiger partial charge is 0.266 e. The molecular weight excluding hydrogens is 592 g/mol. The van der Waals surface area contributed by atoms with E-state index in [9.17, 15) is 18.4 Å². The number of benzene rings is 2. The number of rotatable bonds is 8. The first-order valence-electron chi connectivity index (χ1n) is 14.2. The minimum Gasteiger partial charge on any atom is -0.492 e. The van der Waals surface area contributed by atoms with Crippen molar-refractivity contribution in [1.82, 2.24) is 14.5 Å². The lowest BCUT2D eigenvalue weighted by atomic mass is 10.0. The van der Waals surface area contributed by atoms with Crippen molar-refractivity contribution < 1.29 is 18.3 Å². The molecule has 0 N–H and O–H groups in total. The second kappa shape index (κ2) is 13.2. The molecule has 0 spiro atoms. The van der Waals surface area contributed by atoms with Gasteiger partial charge < -0.3 is 9.64 Å². The first-order chi connectivity index (χ1) is 20.7. The molecule has 1 aliphatic rings. The molecule has 1 amide bonds. The number of carbonyl (C=O) groups excluding carboxylic acids is 1. The molecule has 2 aromatic heterocycles. The Hall–Kier alpha value is -3.82. The number of amides is 1. The summed E-state index contributed by atoms with van der Waals surface area (Å²) in [5.41, 5.74) is 3.09. The summed E-state index contributed by atoms with van der Waals surface area (Å²) in [6.07, 6.45) is 2.16. The maximum atomic E-state index is 14.4. The Labute approximate surface area is 258 Å². The molecule has 43 heavy (non-hydrogen) atoms. The Balaban J connectivity index is 1.76.